The van der Waals surface area contributed by atoms with Crippen LogP contribution in [0.5, 0.6) is 5.75 Å². The average Bonchev–Trinajstić information content (AvgIpc) is 2.56. The Morgan fingerprint density at radius 1 is 1.29 bits per heavy atom. The first kappa shape index (κ1) is 11.2. The highest BCUT2D eigenvalue weighted by Gasteiger charge is 2.20. The first-order valence-corrected chi connectivity index (χ1v) is 5.07. The third-order valence-corrected chi connectivity index (χ3v) is 2.69. The fourth-order valence-corrected chi connectivity index (χ4v) is 1.69. The monoisotopic (exact) mass is 232 g/mol. The fraction of sp³-hybridized carbons (Fsp3) is 0.167. The average molecular weight is 232 g/mol. The number of aromatic nitrogens is 2. The molecule has 5 heteroatoms. The Bertz CT molecular complexity index is 570. The second kappa shape index (κ2) is 3.93. The highest BCUT2D eigenvalue weighted by atomic mass is 16.4. The minimum Gasteiger partial charge on any atom is -0.508 e. The van der Waals surface area contributed by atoms with Gasteiger partial charge < -0.3 is 10.2 Å². The van der Waals surface area contributed by atoms with E-state index in [1.54, 1.807) is 26.1 Å². The molecule has 0 unspecified atom stereocenters. The van der Waals surface area contributed by atoms with Crippen LogP contribution in [0.15, 0.2) is 24.3 Å². The number of nitrogens with zero attached hydrogens (tertiary/aromatic N) is 2. The number of phenols is 1. The maximum absolute atomic E-state index is 11.2. The van der Waals surface area contributed by atoms with Crippen LogP contribution < -0.4 is 0 Å². The van der Waals surface area contributed by atoms with Crippen molar-refractivity contribution in [2.24, 2.45) is 7.05 Å². The Kier molecular flexibility index (Phi) is 2.59. The lowest BCUT2D eigenvalue weighted by Gasteiger charge is -1.99. The lowest BCUT2D eigenvalue weighted by Crippen LogP contribution is -2.00. The number of benzene rings is 1. The van der Waals surface area contributed by atoms with E-state index in [9.17, 15) is 15.0 Å². The van der Waals surface area contributed by atoms with Crippen LogP contribution in [0.1, 0.15) is 16.1 Å². The molecule has 88 valence electrons. The van der Waals surface area contributed by atoms with E-state index in [-0.39, 0.29) is 11.3 Å². The van der Waals surface area contributed by atoms with Gasteiger partial charge in [0, 0.05) is 12.6 Å². The zero-order valence-corrected chi connectivity index (χ0v) is 9.51. The van der Waals surface area contributed by atoms with Gasteiger partial charge in [0.05, 0.1) is 5.69 Å². The van der Waals surface area contributed by atoms with Gasteiger partial charge in [-0.2, -0.15) is 5.10 Å². The van der Waals surface area contributed by atoms with Crippen LogP contribution in [-0.2, 0) is 7.05 Å². The smallest absolute Gasteiger partial charge is 0.339 e. The molecule has 0 amide bonds. The van der Waals surface area contributed by atoms with Crippen molar-refractivity contribution in [3.05, 3.63) is 35.5 Å². The zero-order valence-electron chi connectivity index (χ0n) is 9.51. The summed E-state index contributed by atoms with van der Waals surface area (Å²) in [7, 11) is 1.70. The maximum atomic E-state index is 11.2. The molecule has 0 atom stereocenters. The molecular weight excluding hydrogens is 220 g/mol. The zero-order chi connectivity index (χ0) is 12.6. The van der Waals surface area contributed by atoms with E-state index < -0.39 is 5.97 Å². The molecule has 0 fully saturated rings. The van der Waals surface area contributed by atoms with Crippen LogP contribution in [0.4, 0.5) is 0 Å². The van der Waals surface area contributed by atoms with Gasteiger partial charge in [0.25, 0.3) is 0 Å². The van der Waals surface area contributed by atoms with Crippen molar-refractivity contribution in [1.82, 2.24) is 9.78 Å². The molecule has 17 heavy (non-hydrogen) atoms. The molecule has 0 bridgehead atoms. The van der Waals surface area contributed by atoms with E-state index in [0.717, 1.165) is 0 Å². The Hall–Kier alpha value is -2.30. The van der Waals surface area contributed by atoms with Gasteiger partial charge in [-0.15, -0.1) is 0 Å². The van der Waals surface area contributed by atoms with E-state index in [1.807, 2.05) is 0 Å². The van der Waals surface area contributed by atoms with Gasteiger partial charge in [-0.05, 0) is 31.2 Å². The molecular formula is C12H12N2O3. The van der Waals surface area contributed by atoms with E-state index in [4.69, 9.17) is 0 Å². The summed E-state index contributed by atoms with van der Waals surface area (Å²) in [5, 5.41) is 22.6. The van der Waals surface area contributed by atoms with Crippen molar-refractivity contribution in [3.63, 3.8) is 0 Å². The SMILES string of the molecule is Cc1c(C(=O)O)c(-c2ccc(O)cc2)nn1C. The van der Waals surface area contributed by atoms with Crippen LogP contribution in [0.25, 0.3) is 11.3 Å². The standard InChI is InChI=1S/C12H12N2O3/c1-7-10(12(16)17)11(13-14(7)2)8-3-5-9(15)6-4-8/h3-6,15H,1-2H3,(H,16,17). The van der Waals surface area contributed by atoms with Crippen LogP contribution in [0.3, 0.4) is 0 Å². The van der Waals surface area contributed by atoms with E-state index in [1.165, 1.54) is 16.8 Å². The van der Waals surface area contributed by atoms with Crippen molar-refractivity contribution < 1.29 is 15.0 Å². The van der Waals surface area contributed by atoms with Crippen molar-refractivity contribution in [2.75, 3.05) is 0 Å². The van der Waals surface area contributed by atoms with Crippen molar-refractivity contribution >= 4 is 5.97 Å². The first-order valence-electron chi connectivity index (χ1n) is 5.07. The minimum absolute atomic E-state index is 0.137. The number of hydrogen-bond donors (Lipinski definition) is 2. The molecule has 2 N–H and O–H groups in total. The largest absolute Gasteiger partial charge is 0.508 e. The van der Waals surface area contributed by atoms with Crippen LogP contribution >= 0.6 is 0 Å². The third kappa shape index (κ3) is 1.87. The van der Waals surface area contributed by atoms with E-state index >= 15 is 0 Å². The summed E-state index contributed by atoms with van der Waals surface area (Å²) < 4.78 is 1.53. The molecule has 1 aromatic carbocycles. The normalized spacial score (nSPS) is 10.5. The molecule has 5 nitrogen and oxygen atoms in total. The summed E-state index contributed by atoms with van der Waals surface area (Å²) in [5.74, 6) is -0.864. The number of phenolic OH excluding ortho intramolecular Hbond substituents is 1. The molecule has 0 aliphatic carbocycles. The molecule has 1 heterocycles. The van der Waals surface area contributed by atoms with Crippen LogP contribution in [0, 0.1) is 6.92 Å². The minimum atomic E-state index is -1.00. The van der Waals surface area contributed by atoms with Gasteiger partial charge >= 0.3 is 5.97 Å². The second-order valence-electron chi connectivity index (χ2n) is 3.78. The lowest BCUT2D eigenvalue weighted by molar-refractivity contribution is 0.0697. The van der Waals surface area contributed by atoms with E-state index in [2.05, 4.69) is 5.10 Å². The summed E-state index contributed by atoms with van der Waals surface area (Å²) in [4.78, 5) is 11.2. The van der Waals surface area contributed by atoms with Gasteiger partial charge in [-0.25, -0.2) is 4.79 Å². The molecule has 2 aromatic rings. The molecule has 1 aromatic heterocycles. The van der Waals surface area contributed by atoms with Crippen molar-refractivity contribution in [1.29, 1.82) is 0 Å². The number of rotatable bonds is 2. The summed E-state index contributed by atoms with van der Waals surface area (Å²) >= 11 is 0. The molecule has 0 spiro atoms. The second-order valence-corrected chi connectivity index (χ2v) is 3.78. The molecule has 0 saturated carbocycles. The van der Waals surface area contributed by atoms with E-state index in [0.29, 0.717) is 17.0 Å². The third-order valence-electron chi connectivity index (χ3n) is 2.69. The molecule has 0 radical (unpaired) electrons. The highest BCUT2D eigenvalue weighted by Crippen LogP contribution is 2.26. The Labute approximate surface area is 97.9 Å². The predicted octanol–water partition coefficient (Wildman–Crippen LogP) is 1.80. The topological polar surface area (TPSA) is 75.3 Å². The Morgan fingerprint density at radius 3 is 2.41 bits per heavy atom. The maximum Gasteiger partial charge on any atom is 0.339 e. The first-order chi connectivity index (χ1) is 8.00. The van der Waals surface area contributed by atoms with Gasteiger partial charge in [-0.3, -0.25) is 4.68 Å². The van der Waals surface area contributed by atoms with Crippen LogP contribution in [0.2, 0.25) is 0 Å². The number of hydrogen-bond acceptors (Lipinski definition) is 3. The number of aromatic carboxylic acids is 1. The molecule has 0 aliphatic rings. The fourth-order valence-electron chi connectivity index (χ4n) is 1.69. The molecule has 2 rings (SSSR count). The number of carbonyl (C=O) groups is 1. The molecule has 0 saturated heterocycles. The van der Waals surface area contributed by atoms with Gasteiger partial charge in [0.1, 0.15) is 17.0 Å². The van der Waals surface area contributed by atoms with Crippen molar-refractivity contribution in [2.45, 2.75) is 6.92 Å². The summed E-state index contributed by atoms with van der Waals surface area (Å²) in [6.07, 6.45) is 0. The number of carboxylic acid groups (broad SMARTS) is 1. The quantitative estimate of drug-likeness (QED) is 0.827. The summed E-state index contributed by atoms with van der Waals surface area (Å²) in [6.45, 7) is 1.71. The summed E-state index contributed by atoms with van der Waals surface area (Å²) in [5.41, 5.74) is 1.88. The van der Waals surface area contributed by atoms with Gasteiger partial charge in [-0.1, -0.05) is 0 Å². The number of aryl methyl sites for hydroxylation is 1. The highest BCUT2D eigenvalue weighted by molar-refractivity contribution is 5.96. The summed E-state index contributed by atoms with van der Waals surface area (Å²) in [6, 6.07) is 6.29. The van der Waals surface area contributed by atoms with Crippen LogP contribution in [-0.4, -0.2) is 26.0 Å². The van der Waals surface area contributed by atoms with Gasteiger partial charge in [0.15, 0.2) is 0 Å². The Morgan fingerprint density at radius 2 is 1.88 bits per heavy atom. The number of aromatic hydroxyl groups is 1. The predicted molar refractivity (Wildman–Crippen MR) is 62.0 cm³/mol. The number of carboxylic acids is 1. The Balaban J connectivity index is 2.63. The van der Waals surface area contributed by atoms with Gasteiger partial charge in [0.2, 0.25) is 0 Å². The lowest BCUT2D eigenvalue weighted by atomic mass is 10.1. The molecule has 0 aliphatic heterocycles. The van der Waals surface area contributed by atoms with Crippen molar-refractivity contribution in [3.8, 4) is 17.0 Å².